The van der Waals surface area contributed by atoms with Crippen LogP contribution in [0.5, 0.6) is 0 Å². The van der Waals surface area contributed by atoms with E-state index in [9.17, 15) is 19.5 Å². The Morgan fingerprint density at radius 1 is 1.25 bits per heavy atom. The Labute approximate surface area is 183 Å². The summed E-state index contributed by atoms with van der Waals surface area (Å²) in [7, 11) is 0. The van der Waals surface area contributed by atoms with E-state index in [0.717, 1.165) is 25.3 Å². The summed E-state index contributed by atoms with van der Waals surface area (Å²) in [4.78, 5) is 38.1. The number of hydrogen-bond donors (Lipinski definition) is 2. The highest BCUT2D eigenvalue weighted by Gasteiger charge is 2.52. The van der Waals surface area contributed by atoms with Gasteiger partial charge in [0.05, 0.1) is 23.7 Å². The number of nitrogens with two attached hydrogens (primary N) is 1. The molecule has 170 valence electrons. The molecule has 1 aliphatic heterocycles. The normalized spacial score (nSPS) is 27.0. The molecular weight excluding hydrogens is 417 g/mol. The van der Waals surface area contributed by atoms with Gasteiger partial charge in [-0.25, -0.2) is 9.18 Å². The number of hydrogen-bond acceptors (Lipinski definition) is 6. The topological polar surface area (TPSA) is 115 Å². The molecule has 0 spiro atoms. The second-order valence-corrected chi connectivity index (χ2v) is 9.13. The Morgan fingerprint density at radius 2 is 2.00 bits per heavy atom. The highest BCUT2D eigenvalue weighted by atomic mass is 19.1. The number of nitrogens with zero attached hydrogens (tertiary/aromatic N) is 2. The zero-order chi connectivity index (χ0) is 22.7. The summed E-state index contributed by atoms with van der Waals surface area (Å²) in [6.07, 6.45) is 3.89. The number of carboxylic acids is 1. The number of aromatic carboxylic acids is 1. The van der Waals surface area contributed by atoms with Gasteiger partial charge in [0, 0.05) is 36.8 Å². The van der Waals surface area contributed by atoms with Crippen LogP contribution in [0, 0.1) is 23.6 Å². The van der Waals surface area contributed by atoms with E-state index in [4.69, 9.17) is 10.5 Å². The number of rotatable bonds is 6. The lowest BCUT2D eigenvalue weighted by molar-refractivity contribution is -0.145. The molecule has 0 unspecified atom stereocenters. The van der Waals surface area contributed by atoms with Crippen LogP contribution in [0.15, 0.2) is 23.1 Å². The van der Waals surface area contributed by atoms with Gasteiger partial charge >= 0.3 is 11.9 Å². The molecule has 3 aliphatic rings. The summed E-state index contributed by atoms with van der Waals surface area (Å²) >= 11 is 0. The molecule has 1 saturated heterocycles. The lowest BCUT2D eigenvalue weighted by Crippen LogP contribution is -2.31. The third-order valence-electron chi connectivity index (χ3n) is 7.00. The number of aromatic nitrogens is 1. The molecule has 2 saturated carbocycles. The summed E-state index contributed by atoms with van der Waals surface area (Å²) < 4.78 is 22.1. The van der Waals surface area contributed by atoms with E-state index >= 15 is 4.39 Å². The molecule has 5 rings (SSSR count). The fourth-order valence-electron chi connectivity index (χ4n) is 5.12. The summed E-state index contributed by atoms with van der Waals surface area (Å²) in [6, 6.07) is 2.70. The molecule has 1 aromatic carbocycles. The van der Waals surface area contributed by atoms with Crippen LogP contribution in [0.2, 0.25) is 0 Å². The summed E-state index contributed by atoms with van der Waals surface area (Å²) in [6.45, 7) is 3.09. The molecule has 0 radical (unpaired) electrons. The highest BCUT2D eigenvalue weighted by molar-refractivity contribution is 5.93. The largest absolute Gasteiger partial charge is 0.477 e. The maximum Gasteiger partial charge on any atom is 0.341 e. The van der Waals surface area contributed by atoms with Gasteiger partial charge in [0.2, 0.25) is 5.43 Å². The van der Waals surface area contributed by atoms with E-state index in [1.54, 1.807) is 17.6 Å². The van der Waals surface area contributed by atoms with Crippen LogP contribution in [0.3, 0.4) is 0 Å². The second-order valence-electron chi connectivity index (χ2n) is 9.13. The van der Waals surface area contributed by atoms with Crippen LogP contribution in [0.4, 0.5) is 10.1 Å². The monoisotopic (exact) mass is 443 g/mol. The molecule has 3 fully saturated rings. The van der Waals surface area contributed by atoms with E-state index in [0.29, 0.717) is 30.9 Å². The standard InChI is InChI=1S/C23H26FN3O5/c1-2-32-23(31)13-5-12(13)15-8-26(10-18(15)25)20-7-19-14(6-17(20)24)21(28)16(22(29)30)9-27(19)11-3-4-11/h6-7,9,11-13,15,18H,2-5,8,10,25H2,1H3,(H,29,30)/t12-,13-,15+,18-/m0/s1. The number of ether oxygens (including phenoxy) is 1. The molecule has 8 nitrogen and oxygen atoms in total. The lowest BCUT2D eigenvalue weighted by atomic mass is 9.97. The Morgan fingerprint density at radius 3 is 2.66 bits per heavy atom. The molecule has 0 bridgehead atoms. The first-order chi connectivity index (χ1) is 15.3. The van der Waals surface area contributed by atoms with Gasteiger partial charge in [0.15, 0.2) is 0 Å². The first-order valence-corrected chi connectivity index (χ1v) is 11.1. The zero-order valence-electron chi connectivity index (χ0n) is 17.8. The van der Waals surface area contributed by atoms with Crippen LogP contribution in [0.25, 0.3) is 10.9 Å². The lowest BCUT2D eigenvalue weighted by Gasteiger charge is -2.21. The Hall–Kier alpha value is -2.94. The molecule has 0 amide bonds. The van der Waals surface area contributed by atoms with Crippen molar-refractivity contribution in [3.63, 3.8) is 0 Å². The van der Waals surface area contributed by atoms with Gasteiger partial charge in [-0.2, -0.15) is 0 Å². The Balaban J connectivity index is 1.48. The van der Waals surface area contributed by atoms with Crippen molar-refractivity contribution in [2.24, 2.45) is 23.5 Å². The first kappa shape index (κ1) is 20.9. The van der Waals surface area contributed by atoms with Crippen molar-refractivity contribution in [2.75, 3.05) is 24.6 Å². The van der Waals surface area contributed by atoms with E-state index in [2.05, 4.69) is 0 Å². The molecule has 4 atom stereocenters. The van der Waals surface area contributed by atoms with Crippen LogP contribution < -0.4 is 16.1 Å². The van der Waals surface area contributed by atoms with Gasteiger partial charge < -0.3 is 25.0 Å². The predicted molar refractivity (Wildman–Crippen MR) is 115 cm³/mol. The van der Waals surface area contributed by atoms with E-state index in [-0.39, 0.29) is 46.8 Å². The fraction of sp³-hybridized carbons (Fsp3) is 0.522. The predicted octanol–water partition coefficient (Wildman–Crippen LogP) is 2.14. The highest BCUT2D eigenvalue weighted by Crippen LogP contribution is 2.48. The molecular formula is C23H26FN3O5. The zero-order valence-corrected chi connectivity index (χ0v) is 17.8. The number of carbonyl (C=O) groups excluding carboxylic acids is 1. The van der Waals surface area contributed by atoms with Gasteiger partial charge in [-0.15, -0.1) is 0 Å². The number of benzene rings is 1. The molecule has 3 N–H and O–H groups in total. The van der Waals surface area contributed by atoms with Crippen molar-refractivity contribution >= 4 is 28.5 Å². The maximum atomic E-state index is 15.2. The van der Waals surface area contributed by atoms with E-state index in [1.807, 2.05) is 4.90 Å². The Kier molecular flexibility index (Phi) is 4.96. The summed E-state index contributed by atoms with van der Waals surface area (Å²) in [5.74, 6) is -2.03. The van der Waals surface area contributed by atoms with Crippen LogP contribution in [-0.2, 0) is 9.53 Å². The van der Waals surface area contributed by atoms with Crippen molar-refractivity contribution in [1.29, 1.82) is 0 Å². The molecule has 2 heterocycles. The molecule has 32 heavy (non-hydrogen) atoms. The SMILES string of the molecule is CCOC(=O)[C@H]1C[C@@H]1[C@H]1CN(c2cc3c(cc2F)c(=O)c(C(=O)O)cn3C2CC2)C[C@@H]1N. The fourth-order valence-corrected chi connectivity index (χ4v) is 5.12. The number of pyridine rings is 1. The smallest absolute Gasteiger partial charge is 0.341 e. The van der Waals surface area contributed by atoms with Gasteiger partial charge in [-0.3, -0.25) is 9.59 Å². The summed E-state index contributed by atoms with van der Waals surface area (Å²) in [5, 5.41) is 9.47. The maximum absolute atomic E-state index is 15.2. The van der Waals surface area contributed by atoms with Crippen molar-refractivity contribution in [3.05, 3.63) is 39.9 Å². The van der Waals surface area contributed by atoms with Crippen LogP contribution in [-0.4, -0.2) is 47.4 Å². The number of carbonyl (C=O) groups is 2. The average Bonchev–Trinajstić information content (AvgIpc) is 3.66. The third-order valence-corrected chi connectivity index (χ3v) is 7.00. The third kappa shape index (κ3) is 3.44. The van der Waals surface area contributed by atoms with Gasteiger partial charge in [-0.05, 0) is 50.2 Å². The van der Waals surface area contributed by atoms with E-state index in [1.165, 1.54) is 6.20 Å². The number of anilines is 1. The van der Waals surface area contributed by atoms with Gasteiger partial charge in [-0.1, -0.05) is 0 Å². The minimum atomic E-state index is -1.32. The number of esters is 1. The summed E-state index contributed by atoms with van der Waals surface area (Å²) in [5.41, 5.74) is 6.23. The van der Waals surface area contributed by atoms with Crippen molar-refractivity contribution in [1.82, 2.24) is 4.57 Å². The van der Waals surface area contributed by atoms with Crippen LogP contribution in [0.1, 0.15) is 42.6 Å². The quantitative estimate of drug-likeness (QED) is 0.658. The average molecular weight is 443 g/mol. The van der Waals surface area contributed by atoms with Crippen molar-refractivity contribution in [3.8, 4) is 0 Å². The van der Waals surface area contributed by atoms with E-state index < -0.39 is 17.2 Å². The van der Waals surface area contributed by atoms with Crippen molar-refractivity contribution in [2.45, 2.75) is 38.3 Å². The first-order valence-electron chi connectivity index (χ1n) is 11.1. The molecule has 1 aromatic heterocycles. The Bertz CT molecular complexity index is 1170. The number of carboxylic acid groups (broad SMARTS) is 1. The number of halogens is 1. The van der Waals surface area contributed by atoms with Gasteiger partial charge in [0.25, 0.3) is 0 Å². The second kappa shape index (κ2) is 7.58. The molecule has 2 aromatic rings. The minimum absolute atomic E-state index is 0.0551. The van der Waals surface area contributed by atoms with Crippen LogP contribution >= 0.6 is 0 Å². The molecule has 9 heteroatoms. The number of fused-ring (bicyclic) bond motifs is 1. The van der Waals surface area contributed by atoms with Crippen molar-refractivity contribution < 1.29 is 23.8 Å². The van der Waals surface area contributed by atoms with Gasteiger partial charge in [0.1, 0.15) is 11.4 Å². The minimum Gasteiger partial charge on any atom is -0.477 e. The molecule has 2 aliphatic carbocycles.